The van der Waals surface area contributed by atoms with Gasteiger partial charge in [-0.3, -0.25) is 10.8 Å². The van der Waals surface area contributed by atoms with Gasteiger partial charge in [0.2, 0.25) is 0 Å². The Morgan fingerprint density at radius 1 is 0.658 bits per heavy atom. The van der Waals surface area contributed by atoms with Crippen LogP contribution in [0.5, 0.6) is 11.5 Å². The Morgan fingerprint density at radius 2 is 1.21 bits per heavy atom. The minimum Gasteiger partial charge on any atom is -0.443 e. The number of aryl methyl sites for hydroxylation is 1. The van der Waals surface area contributed by atoms with E-state index in [1.165, 1.54) is 27.8 Å². The number of rotatable bonds is 10. The van der Waals surface area contributed by atoms with Crippen molar-refractivity contribution in [1.82, 2.24) is 0 Å². The number of benzene rings is 3. The summed E-state index contributed by atoms with van der Waals surface area (Å²) in [4.78, 5) is 0. The van der Waals surface area contributed by atoms with Crippen molar-refractivity contribution in [2.75, 3.05) is 0 Å². The van der Waals surface area contributed by atoms with E-state index < -0.39 is 0 Å². The van der Waals surface area contributed by atoms with Crippen LogP contribution >= 0.6 is 0 Å². The van der Waals surface area contributed by atoms with Crippen molar-refractivity contribution in [2.45, 2.75) is 66.2 Å². The minimum absolute atomic E-state index is 0.148. The van der Waals surface area contributed by atoms with Crippen LogP contribution in [0.15, 0.2) is 72.8 Å². The molecule has 1 aliphatic rings. The number of hydrogen-bond donors (Lipinski definition) is 2. The first-order chi connectivity index (χ1) is 18.5. The van der Waals surface area contributed by atoms with Crippen LogP contribution in [-0.4, -0.2) is 11.8 Å². The first-order valence-corrected chi connectivity index (χ1v) is 14.0. The monoisotopic (exact) mass is 508 g/mol. The molecule has 198 valence electrons. The van der Waals surface area contributed by atoms with Gasteiger partial charge in [-0.25, -0.2) is 0 Å². The summed E-state index contributed by atoms with van der Waals surface area (Å²) in [6.45, 7) is 8.40. The third-order valence-electron chi connectivity index (χ3n) is 7.73. The summed E-state index contributed by atoms with van der Waals surface area (Å²) >= 11 is 0. The lowest BCUT2D eigenvalue weighted by atomic mass is 9.79. The van der Waals surface area contributed by atoms with E-state index in [2.05, 4.69) is 82.3 Å². The van der Waals surface area contributed by atoms with Gasteiger partial charge in [-0.05, 0) is 96.2 Å². The van der Waals surface area contributed by atoms with Crippen molar-refractivity contribution in [3.63, 3.8) is 0 Å². The zero-order valence-electron chi connectivity index (χ0n) is 23.1. The molecule has 0 fully saturated rings. The lowest BCUT2D eigenvalue weighted by Gasteiger charge is -2.25. The highest BCUT2D eigenvalue weighted by atomic mass is 16.5. The Kier molecular flexibility index (Phi) is 9.17. The van der Waals surface area contributed by atoms with Gasteiger partial charge >= 0.3 is 0 Å². The third-order valence-corrected chi connectivity index (χ3v) is 7.73. The van der Waals surface area contributed by atoms with Gasteiger partial charge < -0.3 is 9.47 Å². The van der Waals surface area contributed by atoms with Gasteiger partial charge in [0, 0.05) is 11.8 Å². The van der Waals surface area contributed by atoms with Crippen molar-refractivity contribution in [1.29, 1.82) is 10.8 Å². The lowest BCUT2D eigenvalue weighted by molar-refractivity contribution is 0.463. The molecular formula is C34H40N2O2. The lowest BCUT2D eigenvalue weighted by Crippen LogP contribution is -2.18. The number of allylic oxidation sites excluding steroid dienone is 1. The summed E-state index contributed by atoms with van der Waals surface area (Å²) in [7, 11) is 0. The standard InChI is InChI=1S/C34H40N2O2/c1-5-23(6-2)33(35)37-28-17-14-26(15-18-28)32-30(25-12-10-9-11-13-25)20-16-27-22-29(19-21-31(27)32)38-34(36)24(7-3)8-4/h9-15,17-19,21-24,35-36H,5-8,16,20H2,1-4H3. The average molecular weight is 509 g/mol. The molecule has 0 amide bonds. The summed E-state index contributed by atoms with van der Waals surface area (Å²) in [5, 5.41) is 16.7. The molecule has 0 spiro atoms. The molecule has 4 nitrogen and oxygen atoms in total. The molecule has 0 aromatic heterocycles. The van der Waals surface area contributed by atoms with Crippen LogP contribution < -0.4 is 9.47 Å². The van der Waals surface area contributed by atoms with Gasteiger partial charge in [-0.1, -0.05) is 76.2 Å². The minimum atomic E-state index is 0.148. The zero-order chi connectivity index (χ0) is 27.1. The van der Waals surface area contributed by atoms with Crippen LogP contribution in [-0.2, 0) is 6.42 Å². The molecule has 4 heteroatoms. The normalized spacial score (nSPS) is 13.0. The predicted octanol–water partition coefficient (Wildman–Crippen LogP) is 9.18. The van der Waals surface area contributed by atoms with E-state index in [0.717, 1.165) is 49.8 Å². The summed E-state index contributed by atoms with van der Waals surface area (Å²) in [5.74, 6) is 2.43. The van der Waals surface area contributed by atoms with E-state index in [-0.39, 0.29) is 11.8 Å². The smallest absolute Gasteiger partial charge is 0.190 e. The first-order valence-electron chi connectivity index (χ1n) is 14.0. The fourth-order valence-corrected chi connectivity index (χ4v) is 5.32. The molecule has 0 aliphatic heterocycles. The molecule has 38 heavy (non-hydrogen) atoms. The van der Waals surface area contributed by atoms with E-state index in [9.17, 15) is 0 Å². The Morgan fingerprint density at radius 3 is 1.79 bits per heavy atom. The Hall–Kier alpha value is -3.66. The molecular weight excluding hydrogens is 468 g/mol. The molecule has 3 aromatic rings. The predicted molar refractivity (Wildman–Crippen MR) is 158 cm³/mol. The van der Waals surface area contributed by atoms with E-state index in [0.29, 0.717) is 17.5 Å². The third kappa shape index (κ3) is 6.07. The van der Waals surface area contributed by atoms with Gasteiger partial charge in [-0.15, -0.1) is 0 Å². The summed E-state index contributed by atoms with van der Waals surface area (Å²) in [6, 6.07) is 25.0. The van der Waals surface area contributed by atoms with Crippen LogP contribution in [0.3, 0.4) is 0 Å². The molecule has 2 N–H and O–H groups in total. The maximum absolute atomic E-state index is 8.40. The highest BCUT2D eigenvalue weighted by Gasteiger charge is 2.23. The highest BCUT2D eigenvalue weighted by Crippen LogP contribution is 2.42. The van der Waals surface area contributed by atoms with Gasteiger partial charge in [0.15, 0.2) is 11.8 Å². The molecule has 0 saturated heterocycles. The topological polar surface area (TPSA) is 66.2 Å². The van der Waals surface area contributed by atoms with Gasteiger partial charge in [0.05, 0.1) is 0 Å². The van der Waals surface area contributed by atoms with E-state index in [1.54, 1.807) is 0 Å². The molecule has 0 atom stereocenters. The maximum Gasteiger partial charge on any atom is 0.190 e. The summed E-state index contributed by atoms with van der Waals surface area (Å²) in [5.41, 5.74) is 7.36. The number of nitrogens with one attached hydrogen (secondary N) is 2. The maximum atomic E-state index is 8.40. The molecule has 0 bridgehead atoms. The van der Waals surface area contributed by atoms with Crippen LogP contribution in [0.4, 0.5) is 0 Å². The molecule has 3 aromatic carbocycles. The molecule has 0 saturated carbocycles. The zero-order valence-corrected chi connectivity index (χ0v) is 23.1. The second-order valence-corrected chi connectivity index (χ2v) is 10.0. The SMILES string of the molecule is CCC(CC)C(=N)Oc1ccc(C2=C(c3ccccc3)CCc3cc(OC(=N)C(CC)CC)ccc32)cc1. The van der Waals surface area contributed by atoms with Crippen molar-refractivity contribution in [2.24, 2.45) is 11.8 Å². The second-order valence-electron chi connectivity index (χ2n) is 10.0. The Labute approximate surface area is 227 Å². The number of ether oxygens (including phenoxy) is 2. The number of hydrogen-bond acceptors (Lipinski definition) is 4. The first kappa shape index (κ1) is 27.4. The average Bonchev–Trinajstić information content (AvgIpc) is 2.94. The van der Waals surface area contributed by atoms with Gasteiger partial charge in [-0.2, -0.15) is 0 Å². The molecule has 0 radical (unpaired) electrons. The summed E-state index contributed by atoms with van der Waals surface area (Å²) in [6.07, 6.45) is 5.47. The largest absolute Gasteiger partial charge is 0.443 e. The molecule has 0 heterocycles. The van der Waals surface area contributed by atoms with Crippen LogP contribution in [0.2, 0.25) is 0 Å². The van der Waals surface area contributed by atoms with Crippen molar-refractivity contribution in [3.05, 3.63) is 95.1 Å². The van der Waals surface area contributed by atoms with Crippen molar-refractivity contribution < 1.29 is 9.47 Å². The van der Waals surface area contributed by atoms with Crippen LogP contribution in [0.25, 0.3) is 11.1 Å². The second kappa shape index (κ2) is 12.7. The van der Waals surface area contributed by atoms with Crippen LogP contribution in [0.1, 0.15) is 82.1 Å². The van der Waals surface area contributed by atoms with Gasteiger partial charge in [0.25, 0.3) is 0 Å². The molecule has 1 aliphatic carbocycles. The van der Waals surface area contributed by atoms with Crippen LogP contribution in [0, 0.1) is 22.7 Å². The fourth-order valence-electron chi connectivity index (χ4n) is 5.32. The molecule has 4 rings (SSSR count). The Balaban J connectivity index is 1.70. The van der Waals surface area contributed by atoms with Gasteiger partial charge in [0.1, 0.15) is 11.5 Å². The Bertz CT molecular complexity index is 1280. The van der Waals surface area contributed by atoms with Crippen molar-refractivity contribution >= 4 is 22.9 Å². The molecule has 0 unspecified atom stereocenters. The highest BCUT2D eigenvalue weighted by molar-refractivity contribution is 6.01. The fraction of sp³-hybridized carbons (Fsp3) is 0.353. The summed E-state index contributed by atoms with van der Waals surface area (Å²) < 4.78 is 11.9. The van der Waals surface area contributed by atoms with E-state index in [4.69, 9.17) is 20.3 Å². The quantitative estimate of drug-likeness (QED) is 0.212. The van der Waals surface area contributed by atoms with E-state index >= 15 is 0 Å². The van der Waals surface area contributed by atoms with Crippen molar-refractivity contribution in [3.8, 4) is 11.5 Å². The van der Waals surface area contributed by atoms with E-state index in [1.807, 2.05) is 18.2 Å². The number of fused-ring (bicyclic) bond motifs is 1.